The zero-order valence-corrected chi connectivity index (χ0v) is 9.52. The highest BCUT2D eigenvalue weighted by atomic mass is 16.1. The fourth-order valence-corrected chi connectivity index (χ4v) is 2.09. The fourth-order valence-electron chi connectivity index (χ4n) is 2.09. The first-order valence-corrected chi connectivity index (χ1v) is 5.66. The van der Waals surface area contributed by atoms with Gasteiger partial charge < -0.3 is 16.0 Å². The Morgan fingerprint density at radius 1 is 1.69 bits per heavy atom. The van der Waals surface area contributed by atoms with Gasteiger partial charge >= 0.3 is 0 Å². The van der Waals surface area contributed by atoms with Crippen molar-refractivity contribution in [3.63, 3.8) is 0 Å². The maximum atomic E-state index is 11.5. The molecule has 0 aliphatic heterocycles. The van der Waals surface area contributed by atoms with Gasteiger partial charge in [-0.15, -0.1) is 0 Å². The Balaban J connectivity index is 2.20. The van der Waals surface area contributed by atoms with Crippen molar-refractivity contribution in [1.29, 1.82) is 0 Å². The van der Waals surface area contributed by atoms with Crippen LogP contribution < -0.4 is 11.5 Å². The van der Waals surface area contributed by atoms with E-state index in [2.05, 4.69) is 4.98 Å². The second-order valence-corrected chi connectivity index (χ2v) is 4.50. The van der Waals surface area contributed by atoms with Crippen LogP contribution in [0.25, 0.3) is 0 Å². The molecule has 1 aromatic heterocycles. The number of nitrogens with two attached hydrogens (primary N) is 2. The Morgan fingerprint density at radius 2 is 2.38 bits per heavy atom. The molecule has 1 aliphatic rings. The molecule has 1 atom stereocenters. The first-order chi connectivity index (χ1) is 7.58. The average Bonchev–Trinajstić information content (AvgIpc) is 3.01. The number of hydrogen-bond acceptors (Lipinski definition) is 3. The van der Waals surface area contributed by atoms with Crippen molar-refractivity contribution < 1.29 is 4.79 Å². The summed E-state index contributed by atoms with van der Waals surface area (Å²) in [5.74, 6) is 0.764. The smallest absolute Gasteiger partial charge is 0.239 e. The minimum Gasteiger partial charge on any atom is -0.368 e. The van der Waals surface area contributed by atoms with Crippen LogP contribution in [0.1, 0.15) is 25.6 Å². The van der Waals surface area contributed by atoms with Crippen LogP contribution in [-0.4, -0.2) is 21.0 Å². The fraction of sp³-hybridized carbons (Fsp3) is 0.636. The van der Waals surface area contributed by atoms with Crippen LogP contribution in [0.15, 0.2) is 12.4 Å². The van der Waals surface area contributed by atoms with Gasteiger partial charge in [-0.2, -0.15) is 0 Å². The third kappa shape index (κ3) is 1.82. The monoisotopic (exact) mass is 222 g/mol. The molecule has 1 aromatic rings. The van der Waals surface area contributed by atoms with Gasteiger partial charge in [0.2, 0.25) is 5.91 Å². The summed E-state index contributed by atoms with van der Waals surface area (Å²) in [5, 5.41) is 0. The van der Waals surface area contributed by atoms with Crippen LogP contribution >= 0.6 is 0 Å². The number of primary amides is 1. The molecule has 5 heteroatoms. The molecule has 0 bridgehead atoms. The van der Waals surface area contributed by atoms with Crippen molar-refractivity contribution in [1.82, 2.24) is 9.55 Å². The highest BCUT2D eigenvalue weighted by Gasteiger charge is 2.47. The van der Waals surface area contributed by atoms with E-state index in [9.17, 15) is 4.79 Å². The number of nitrogens with zero attached hydrogens (tertiary/aromatic N) is 2. The summed E-state index contributed by atoms with van der Waals surface area (Å²) in [5.41, 5.74) is 10.6. The van der Waals surface area contributed by atoms with Crippen molar-refractivity contribution >= 4 is 5.91 Å². The van der Waals surface area contributed by atoms with Crippen molar-refractivity contribution in [3.8, 4) is 0 Å². The number of rotatable bonds is 5. The van der Waals surface area contributed by atoms with Gasteiger partial charge in [0.1, 0.15) is 11.4 Å². The summed E-state index contributed by atoms with van der Waals surface area (Å²) in [6, 6.07) is 0. The number of carbonyl (C=O) groups is 1. The molecule has 2 rings (SSSR count). The van der Waals surface area contributed by atoms with E-state index in [0.29, 0.717) is 6.54 Å². The number of carbonyl (C=O) groups excluding carboxylic acids is 1. The van der Waals surface area contributed by atoms with E-state index in [1.165, 1.54) is 0 Å². The quantitative estimate of drug-likeness (QED) is 0.737. The largest absolute Gasteiger partial charge is 0.368 e. The van der Waals surface area contributed by atoms with Crippen LogP contribution in [0.5, 0.6) is 0 Å². The molecule has 1 unspecified atom stereocenters. The molecule has 1 heterocycles. The molecule has 4 N–H and O–H groups in total. The topological polar surface area (TPSA) is 86.9 Å². The van der Waals surface area contributed by atoms with Gasteiger partial charge in [-0.05, 0) is 18.8 Å². The molecule has 0 spiro atoms. The van der Waals surface area contributed by atoms with E-state index in [-0.39, 0.29) is 5.92 Å². The third-order valence-corrected chi connectivity index (χ3v) is 3.31. The van der Waals surface area contributed by atoms with Crippen molar-refractivity contribution in [3.05, 3.63) is 18.2 Å². The Hall–Kier alpha value is -1.36. The number of imidazole rings is 1. The van der Waals surface area contributed by atoms with Gasteiger partial charge in [-0.25, -0.2) is 4.98 Å². The first kappa shape index (κ1) is 11.1. The molecule has 16 heavy (non-hydrogen) atoms. The van der Waals surface area contributed by atoms with Gasteiger partial charge in [0.25, 0.3) is 0 Å². The summed E-state index contributed by atoms with van der Waals surface area (Å²) in [4.78, 5) is 15.7. The zero-order valence-electron chi connectivity index (χ0n) is 9.52. The lowest BCUT2D eigenvalue weighted by atomic mass is 9.93. The highest BCUT2D eigenvalue weighted by Crippen LogP contribution is 2.39. The second kappa shape index (κ2) is 3.90. The summed E-state index contributed by atoms with van der Waals surface area (Å²) >= 11 is 0. The second-order valence-electron chi connectivity index (χ2n) is 4.50. The Labute approximate surface area is 94.8 Å². The third-order valence-electron chi connectivity index (χ3n) is 3.31. The van der Waals surface area contributed by atoms with Crippen LogP contribution in [-0.2, 0) is 17.8 Å². The molecule has 88 valence electrons. The summed E-state index contributed by atoms with van der Waals surface area (Å²) < 4.78 is 1.93. The number of hydrogen-bond donors (Lipinski definition) is 2. The van der Waals surface area contributed by atoms with Crippen LogP contribution in [0.3, 0.4) is 0 Å². The van der Waals surface area contributed by atoms with E-state index in [1.807, 2.05) is 17.7 Å². The minimum absolute atomic E-state index is 0.233. The van der Waals surface area contributed by atoms with Gasteiger partial charge in [0.05, 0.1) is 6.54 Å². The molecule has 1 amide bonds. The van der Waals surface area contributed by atoms with Gasteiger partial charge in [-0.1, -0.05) is 6.92 Å². The normalized spacial score (nSPS) is 19.4. The zero-order chi connectivity index (χ0) is 11.8. The molecule has 0 aromatic carbocycles. The lowest BCUT2D eigenvalue weighted by Gasteiger charge is -2.26. The molecule has 5 nitrogen and oxygen atoms in total. The molecule has 0 radical (unpaired) electrons. The summed E-state index contributed by atoms with van der Waals surface area (Å²) in [7, 11) is 0. The maximum Gasteiger partial charge on any atom is 0.239 e. The predicted molar refractivity (Wildman–Crippen MR) is 60.4 cm³/mol. The average molecular weight is 222 g/mol. The Kier molecular flexibility index (Phi) is 2.71. The van der Waals surface area contributed by atoms with E-state index in [1.54, 1.807) is 6.20 Å². The maximum absolute atomic E-state index is 11.5. The van der Waals surface area contributed by atoms with Gasteiger partial charge in [0.15, 0.2) is 0 Å². The number of aryl methyl sites for hydroxylation is 1. The van der Waals surface area contributed by atoms with Crippen LogP contribution in [0, 0.1) is 5.92 Å². The van der Waals surface area contributed by atoms with Crippen molar-refractivity contribution in [2.45, 2.75) is 38.3 Å². The number of aromatic nitrogens is 2. The van der Waals surface area contributed by atoms with E-state index < -0.39 is 11.4 Å². The highest BCUT2D eigenvalue weighted by molar-refractivity contribution is 5.85. The van der Waals surface area contributed by atoms with Crippen molar-refractivity contribution in [2.75, 3.05) is 0 Å². The van der Waals surface area contributed by atoms with Crippen LogP contribution in [0.2, 0.25) is 0 Å². The standard InChI is InChI=1S/C11H18N4O/c1-2-9-14-5-6-15(9)7-11(13,10(12)16)8-3-4-8/h5-6,8H,2-4,7,13H2,1H3,(H2,12,16). The van der Waals surface area contributed by atoms with E-state index in [0.717, 1.165) is 25.1 Å². The lowest BCUT2D eigenvalue weighted by Crippen LogP contribution is -2.56. The SMILES string of the molecule is CCc1nccn1CC(N)(C(N)=O)C1CC1. The molecule has 0 saturated heterocycles. The molecular formula is C11H18N4O. The van der Waals surface area contributed by atoms with Gasteiger partial charge in [-0.3, -0.25) is 4.79 Å². The molecule has 1 fully saturated rings. The first-order valence-electron chi connectivity index (χ1n) is 5.66. The summed E-state index contributed by atoms with van der Waals surface area (Å²) in [6.07, 6.45) is 6.40. The molecule has 1 saturated carbocycles. The lowest BCUT2D eigenvalue weighted by molar-refractivity contribution is -0.124. The van der Waals surface area contributed by atoms with Crippen molar-refractivity contribution in [2.24, 2.45) is 17.4 Å². The van der Waals surface area contributed by atoms with E-state index in [4.69, 9.17) is 11.5 Å². The Morgan fingerprint density at radius 3 is 2.88 bits per heavy atom. The Bertz CT molecular complexity index is 396. The summed E-state index contributed by atoms with van der Waals surface area (Å²) in [6.45, 7) is 2.47. The number of amides is 1. The van der Waals surface area contributed by atoms with Gasteiger partial charge in [0, 0.05) is 18.8 Å². The van der Waals surface area contributed by atoms with Crippen LogP contribution in [0.4, 0.5) is 0 Å². The predicted octanol–water partition coefficient (Wildman–Crippen LogP) is 0.0383. The molecule has 1 aliphatic carbocycles. The minimum atomic E-state index is -0.912. The molecular weight excluding hydrogens is 204 g/mol. The van der Waals surface area contributed by atoms with E-state index >= 15 is 0 Å².